The van der Waals surface area contributed by atoms with Crippen molar-refractivity contribution in [1.82, 2.24) is 23.6 Å². The fourth-order valence-electron chi connectivity index (χ4n) is 6.18. The Kier molecular flexibility index (Phi) is 8.15. The van der Waals surface area contributed by atoms with E-state index in [1.54, 1.807) is 27.4 Å². The number of ether oxygens (including phenoxy) is 1. The van der Waals surface area contributed by atoms with Crippen molar-refractivity contribution in [2.24, 2.45) is 5.92 Å². The van der Waals surface area contributed by atoms with Crippen molar-refractivity contribution in [1.29, 1.82) is 0 Å². The first-order chi connectivity index (χ1) is 21.3. The van der Waals surface area contributed by atoms with Crippen LogP contribution in [-0.4, -0.2) is 75.8 Å². The van der Waals surface area contributed by atoms with Crippen molar-refractivity contribution in [2.45, 2.75) is 77.0 Å². The summed E-state index contributed by atoms with van der Waals surface area (Å²) in [6.45, 7) is 12.3. The van der Waals surface area contributed by atoms with Gasteiger partial charge in [0.25, 0.3) is 0 Å². The number of amides is 2. The van der Waals surface area contributed by atoms with Gasteiger partial charge in [-0.05, 0) is 89.4 Å². The highest BCUT2D eigenvalue weighted by atomic mass is 32.2. The van der Waals surface area contributed by atoms with Crippen molar-refractivity contribution in [2.75, 3.05) is 31.5 Å². The van der Waals surface area contributed by atoms with Gasteiger partial charge < -0.3 is 19.5 Å². The number of aromatic nitrogens is 3. The number of piperidine rings is 1. The Morgan fingerprint density at radius 3 is 2.47 bits per heavy atom. The highest BCUT2D eigenvalue weighted by Gasteiger charge is 2.34. The molecule has 0 radical (unpaired) electrons. The number of sulfonamides is 1. The predicted octanol–water partition coefficient (Wildman–Crippen LogP) is 5.54. The molecular weight excluding hydrogens is 592 g/mol. The molecule has 2 fully saturated rings. The maximum Gasteiger partial charge on any atom is 0.410 e. The number of carbonyl (C=O) groups excluding carboxylic acids is 2. The number of aryl methyl sites for hydroxylation is 1. The van der Waals surface area contributed by atoms with Crippen LogP contribution in [0.15, 0.2) is 53.7 Å². The third kappa shape index (κ3) is 6.30. The number of rotatable bonds is 7. The maximum absolute atomic E-state index is 13.5. The summed E-state index contributed by atoms with van der Waals surface area (Å²) in [6.07, 6.45) is 6.19. The minimum Gasteiger partial charge on any atom is -0.444 e. The molecular formula is C33H42N6O5S. The highest BCUT2D eigenvalue weighted by Crippen LogP contribution is 2.30. The van der Waals surface area contributed by atoms with E-state index in [9.17, 15) is 18.0 Å². The number of likely N-dealkylation sites (tertiary alicyclic amines) is 1. The molecule has 45 heavy (non-hydrogen) atoms. The van der Waals surface area contributed by atoms with Gasteiger partial charge in [0.1, 0.15) is 11.6 Å². The van der Waals surface area contributed by atoms with Crippen LogP contribution in [0.5, 0.6) is 0 Å². The molecule has 4 aromatic rings. The Hall–Kier alpha value is -3.90. The number of nitrogens with zero attached hydrogens (tertiary/aromatic N) is 5. The SMILES string of the molecule is Cc1cc2cnn(CC3CN(C(=O)OC(C)(C)C)C3)c2cc1NC(=O)C(C)n1ccc2cc(S(=O)(=O)N3CCCCC3)ccc21. The average Bonchev–Trinajstić information content (AvgIpc) is 3.57. The number of nitrogens with one attached hydrogen (secondary N) is 1. The zero-order valence-electron chi connectivity index (χ0n) is 26.6. The molecule has 2 saturated heterocycles. The maximum atomic E-state index is 13.5. The first kappa shape index (κ1) is 31.1. The summed E-state index contributed by atoms with van der Waals surface area (Å²) in [5.41, 5.74) is 2.81. The van der Waals surface area contributed by atoms with Crippen LogP contribution < -0.4 is 5.32 Å². The van der Waals surface area contributed by atoms with Gasteiger partial charge in [-0.25, -0.2) is 13.2 Å². The van der Waals surface area contributed by atoms with E-state index in [-0.39, 0.29) is 22.8 Å². The van der Waals surface area contributed by atoms with Crippen LogP contribution in [0.1, 0.15) is 58.6 Å². The minimum absolute atomic E-state index is 0.182. The zero-order chi connectivity index (χ0) is 32.1. The molecule has 240 valence electrons. The van der Waals surface area contributed by atoms with Gasteiger partial charge in [0, 0.05) is 66.8 Å². The fourth-order valence-corrected chi connectivity index (χ4v) is 7.74. The Labute approximate surface area is 264 Å². The number of hydrogen-bond acceptors (Lipinski definition) is 6. The smallest absolute Gasteiger partial charge is 0.410 e. The van der Waals surface area contributed by atoms with Gasteiger partial charge in [0.2, 0.25) is 15.9 Å². The number of anilines is 1. The van der Waals surface area contributed by atoms with Crippen LogP contribution in [0.25, 0.3) is 21.8 Å². The standard InChI is InChI=1S/C33H42N6O5S/c1-22-15-26-18-34-39(21-24-19-36(20-24)32(41)44-33(3,4)5)30(26)17-28(22)35-31(40)23(2)38-14-11-25-16-27(9-10-29(25)38)45(42,43)37-12-7-6-8-13-37/h9-11,14-18,23-24H,6-8,12-13,19-21H2,1-5H3,(H,35,40). The third-order valence-corrected chi connectivity index (χ3v) is 10.6. The van der Waals surface area contributed by atoms with Gasteiger partial charge in [-0.2, -0.15) is 9.40 Å². The van der Waals surface area contributed by atoms with Crippen molar-refractivity contribution in [3.8, 4) is 0 Å². The molecule has 2 aromatic carbocycles. The molecule has 2 aliphatic rings. The Morgan fingerprint density at radius 1 is 1.02 bits per heavy atom. The average molecular weight is 635 g/mol. The van der Waals surface area contributed by atoms with Crippen LogP contribution in [-0.2, 0) is 26.1 Å². The molecule has 4 heterocycles. The number of carbonyl (C=O) groups is 2. The van der Waals surface area contributed by atoms with Gasteiger partial charge in [-0.1, -0.05) is 6.42 Å². The molecule has 1 N–H and O–H groups in total. The molecule has 1 unspecified atom stereocenters. The fraction of sp³-hybridized carbons (Fsp3) is 0.485. The summed E-state index contributed by atoms with van der Waals surface area (Å²) in [7, 11) is -3.55. The molecule has 0 saturated carbocycles. The summed E-state index contributed by atoms with van der Waals surface area (Å²) >= 11 is 0. The highest BCUT2D eigenvalue weighted by molar-refractivity contribution is 7.89. The van der Waals surface area contributed by atoms with Crippen molar-refractivity contribution >= 4 is 49.5 Å². The molecule has 12 heteroatoms. The van der Waals surface area contributed by atoms with Gasteiger partial charge in [-0.3, -0.25) is 9.48 Å². The number of fused-ring (bicyclic) bond motifs is 2. The molecule has 1 atom stereocenters. The van der Waals surface area contributed by atoms with Gasteiger partial charge in [0.15, 0.2) is 0 Å². The normalized spacial score (nSPS) is 17.4. The summed E-state index contributed by atoms with van der Waals surface area (Å²) in [4.78, 5) is 27.8. The van der Waals surface area contributed by atoms with Crippen molar-refractivity contribution in [3.63, 3.8) is 0 Å². The molecule has 2 aromatic heterocycles. The van der Waals surface area contributed by atoms with E-state index in [1.165, 1.54) is 0 Å². The van der Waals surface area contributed by atoms with Crippen molar-refractivity contribution < 1.29 is 22.7 Å². The molecule has 2 amide bonds. The summed E-state index contributed by atoms with van der Waals surface area (Å²) in [5.74, 6) is 0.0791. The van der Waals surface area contributed by atoms with Crippen molar-refractivity contribution in [3.05, 3.63) is 54.4 Å². The predicted molar refractivity (Wildman–Crippen MR) is 174 cm³/mol. The monoisotopic (exact) mass is 634 g/mol. The number of benzene rings is 2. The lowest BCUT2D eigenvalue weighted by molar-refractivity contribution is -0.118. The Balaban J connectivity index is 1.14. The van der Waals surface area contributed by atoms with Crippen LogP contribution in [0.2, 0.25) is 0 Å². The van der Waals surface area contributed by atoms with E-state index in [0.29, 0.717) is 38.4 Å². The van der Waals surface area contributed by atoms with Gasteiger partial charge in [0.05, 0.1) is 16.6 Å². The van der Waals surface area contributed by atoms with E-state index in [4.69, 9.17) is 4.74 Å². The van der Waals surface area contributed by atoms with Crippen LogP contribution in [0.3, 0.4) is 0 Å². The van der Waals surface area contributed by atoms with E-state index < -0.39 is 21.7 Å². The van der Waals surface area contributed by atoms with E-state index in [0.717, 1.165) is 46.6 Å². The zero-order valence-corrected chi connectivity index (χ0v) is 27.4. The van der Waals surface area contributed by atoms with E-state index >= 15 is 0 Å². The molecule has 0 bridgehead atoms. The van der Waals surface area contributed by atoms with Crippen LogP contribution in [0.4, 0.5) is 10.5 Å². The quantitative estimate of drug-likeness (QED) is 0.285. The molecule has 6 rings (SSSR count). The molecule has 0 spiro atoms. The lowest BCUT2D eigenvalue weighted by atomic mass is 10.0. The van der Waals surface area contributed by atoms with Gasteiger partial charge in [-0.15, -0.1) is 0 Å². The lowest BCUT2D eigenvalue weighted by Gasteiger charge is -2.39. The largest absolute Gasteiger partial charge is 0.444 e. The molecule has 0 aliphatic carbocycles. The Bertz CT molecular complexity index is 1860. The third-order valence-electron chi connectivity index (χ3n) is 8.73. The number of hydrogen-bond donors (Lipinski definition) is 1. The summed E-state index contributed by atoms with van der Waals surface area (Å²) in [6, 6.07) is 10.4. The second kappa shape index (κ2) is 11.8. The topological polar surface area (TPSA) is 119 Å². The van der Waals surface area contributed by atoms with Crippen LogP contribution in [0, 0.1) is 12.8 Å². The molecule has 11 nitrogen and oxygen atoms in total. The lowest BCUT2D eigenvalue weighted by Crippen LogP contribution is -2.52. The minimum atomic E-state index is -3.55. The van der Waals surface area contributed by atoms with Gasteiger partial charge >= 0.3 is 6.09 Å². The summed E-state index contributed by atoms with van der Waals surface area (Å²) in [5, 5.41) is 9.45. The second-order valence-corrected chi connectivity index (χ2v) is 15.3. The second-order valence-electron chi connectivity index (χ2n) is 13.4. The Morgan fingerprint density at radius 2 is 1.76 bits per heavy atom. The van der Waals surface area contributed by atoms with E-state index in [2.05, 4.69) is 10.4 Å². The first-order valence-corrected chi connectivity index (χ1v) is 17.1. The first-order valence-electron chi connectivity index (χ1n) is 15.7. The summed E-state index contributed by atoms with van der Waals surface area (Å²) < 4.78 is 37.3. The molecule has 2 aliphatic heterocycles. The van der Waals surface area contributed by atoms with Crippen LogP contribution >= 0.6 is 0 Å². The van der Waals surface area contributed by atoms with E-state index in [1.807, 2.05) is 74.5 Å².